The van der Waals surface area contributed by atoms with Gasteiger partial charge in [-0.1, -0.05) is 11.6 Å². The molecule has 0 saturated carbocycles. The maximum absolute atomic E-state index is 6.06. The minimum atomic E-state index is 0.628. The van der Waals surface area contributed by atoms with Gasteiger partial charge >= 0.3 is 0 Å². The maximum Gasteiger partial charge on any atom is 0.144 e. The van der Waals surface area contributed by atoms with Crippen LogP contribution in [-0.2, 0) is 6.42 Å². The van der Waals surface area contributed by atoms with E-state index >= 15 is 0 Å². The molecular weight excluding hydrogens is 224 g/mol. The summed E-state index contributed by atoms with van der Waals surface area (Å²) in [6.45, 7) is 2.67. The topological polar surface area (TPSA) is 51.0 Å². The Morgan fingerprint density at radius 2 is 2.19 bits per heavy atom. The number of nitrogens with two attached hydrogens (primary N) is 1. The van der Waals surface area contributed by atoms with Crippen LogP contribution in [0.4, 0.5) is 0 Å². The van der Waals surface area contributed by atoms with Gasteiger partial charge in [0.25, 0.3) is 0 Å². The summed E-state index contributed by atoms with van der Waals surface area (Å²) in [5.41, 5.74) is 8.95. The van der Waals surface area contributed by atoms with Crippen molar-refractivity contribution in [2.45, 2.75) is 13.3 Å². The SMILES string of the molecule is COc1cc(Cl)cc2c(CCN)c(C)[nH]c12. The molecule has 0 spiro atoms. The van der Waals surface area contributed by atoms with E-state index in [1.165, 1.54) is 5.56 Å². The van der Waals surface area contributed by atoms with Gasteiger partial charge < -0.3 is 15.5 Å². The normalized spacial score (nSPS) is 11.0. The summed E-state index contributed by atoms with van der Waals surface area (Å²) in [5, 5.41) is 1.79. The Kier molecular flexibility index (Phi) is 3.08. The summed E-state index contributed by atoms with van der Waals surface area (Å²) in [4.78, 5) is 3.32. The van der Waals surface area contributed by atoms with E-state index in [-0.39, 0.29) is 0 Å². The maximum atomic E-state index is 6.06. The van der Waals surface area contributed by atoms with Gasteiger partial charge in [0.1, 0.15) is 5.75 Å². The zero-order valence-electron chi connectivity index (χ0n) is 9.43. The van der Waals surface area contributed by atoms with Crippen LogP contribution in [0.25, 0.3) is 10.9 Å². The van der Waals surface area contributed by atoms with Crippen molar-refractivity contribution < 1.29 is 4.74 Å². The first-order valence-corrected chi connectivity index (χ1v) is 5.60. The quantitative estimate of drug-likeness (QED) is 0.864. The second kappa shape index (κ2) is 4.36. The molecule has 1 aromatic carbocycles. The van der Waals surface area contributed by atoms with Crippen LogP contribution in [0.1, 0.15) is 11.3 Å². The van der Waals surface area contributed by atoms with Gasteiger partial charge in [-0.05, 0) is 31.5 Å². The highest BCUT2D eigenvalue weighted by atomic mass is 35.5. The van der Waals surface area contributed by atoms with E-state index in [9.17, 15) is 0 Å². The largest absolute Gasteiger partial charge is 0.495 e. The smallest absolute Gasteiger partial charge is 0.144 e. The van der Waals surface area contributed by atoms with Crippen LogP contribution in [0.2, 0.25) is 5.02 Å². The molecule has 0 aliphatic rings. The predicted octanol–water partition coefficient (Wildman–Crippen LogP) is 2.64. The van der Waals surface area contributed by atoms with E-state index in [0.717, 1.165) is 28.8 Å². The van der Waals surface area contributed by atoms with Crippen LogP contribution in [-0.4, -0.2) is 18.6 Å². The summed E-state index contributed by atoms with van der Waals surface area (Å²) >= 11 is 6.06. The predicted molar refractivity (Wildman–Crippen MR) is 67.4 cm³/mol. The number of aromatic nitrogens is 1. The lowest BCUT2D eigenvalue weighted by Crippen LogP contribution is -2.03. The second-order valence-electron chi connectivity index (χ2n) is 3.80. The summed E-state index contributed by atoms with van der Waals surface area (Å²) in [6, 6.07) is 3.76. The third-order valence-corrected chi connectivity index (χ3v) is 2.99. The van der Waals surface area contributed by atoms with Crippen LogP contribution in [0.3, 0.4) is 0 Å². The van der Waals surface area contributed by atoms with Crippen molar-refractivity contribution in [1.82, 2.24) is 4.98 Å². The molecular formula is C12H15ClN2O. The van der Waals surface area contributed by atoms with Crippen LogP contribution in [0.5, 0.6) is 5.75 Å². The Morgan fingerprint density at radius 1 is 1.44 bits per heavy atom. The van der Waals surface area contributed by atoms with Crippen LogP contribution >= 0.6 is 11.6 Å². The number of fused-ring (bicyclic) bond motifs is 1. The highest BCUT2D eigenvalue weighted by Gasteiger charge is 2.12. The molecule has 86 valence electrons. The first kappa shape index (κ1) is 11.3. The molecule has 0 unspecified atom stereocenters. The molecule has 2 aromatic rings. The fourth-order valence-electron chi connectivity index (χ4n) is 2.04. The molecule has 3 nitrogen and oxygen atoms in total. The molecule has 1 heterocycles. The van der Waals surface area contributed by atoms with Crippen LogP contribution in [0.15, 0.2) is 12.1 Å². The number of rotatable bonds is 3. The number of hydrogen-bond donors (Lipinski definition) is 2. The Balaban J connectivity index is 2.73. The number of hydrogen-bond acceptors (Lipinski definition) is 2. The van der Waals surface area contributed by atoms with Gasteiger partial charge in [-0.25, -0.2) is 0 Å². The molecule has 2 rings (SSSR count). The van der Waals surface area contributed by atoms with Crippen molar-refractivity contribution in [3.8, 4) is 5.75 Å². The number of aromatic amines is 1. The molecule has 1 aromatic heterocycles. The third-order valence-electron chi connectivity index (χ3n) is 2.77. The monoisotopic (exact) mass is 238 g/mol. The number of ether oxygens (including phenoxy) is 1. The van der Waals surface area contributed by atoms with Crippen molar-refractivity contribution in [2.75, 3.05) is 13.7 Å². The number of H-pyrrole nitrogens is 1. The highest BCUT2D eigenvalue weighted by molar-refractivity contribution is 6.31. The average Bonchev–Trinajstić information content (AvgIpc) is 2.56. The van der Waals surface area contributed by atoms with Crippen LogP contribution in [0, 0.1) is 6.92 Å². The van der Waals surface area contributed by atoms with E-state index in [1.54, 1.807) is 7.11 Å². The summed E-state index contributed by atoms with van der Waals surface area (Å²) in [5.74, 6) is 0.772. The van der Waals surface area contributed by atoms with Gasteiger partial charge in [0.2, 0.25) is 0 Å². The van der Waals surface area contributed by atoms with E-state index in [2.05, 4.69) is 4.98 Å². The van der Waals surface area contributed by atoms with E-state index in [4.69, 9.17) is 22.1 Å². The van der Waals surface area contributed by atoms with E-state index in [1.807, 2.05) is 19.1 Å². The van der Waals surface area contributed by atoms with Crippen molar-refractivity contribution in [2.24, 2.45) is 5.73 Å². The Hall–Kier alpha value is -1.19. The molecule has 0 saturated heterocycles. The first-order valence-electron chi connectivity index (χ1n) is 5.22. The van der Waals surface area contributed by atoms with Gasteiger partial charge in [0, 0.05) is 22.2 Å². The second-order valence-corrected chi connectivity index (χ2v) is 4.23. The van der Waals surface area contributed by atoms with Crippen molar-refractivity contribution in [3.63, 3.8) is 0 Å². The molecule has 4 heteroatoms. The number of methoxy groups -OCH3 is 1. The highest BCUT2D eigenvalue weighted by Crippen LogP contribution is 2.33. The Morgan fingerprint density at radius 3 is 2.81 bits per heavy atom. The van der Waals surface area contributed by atoms with Gasteiger partial charge in [-0.15, -0.1) is 0 Å². The molecule has 3 N–H and O–H groups in total. The standard InChI is InChI=1S/C12H15ClN2O/c1-7-9(3-4-14)10-5-8(13)6-11(16-2)12(10)15-7/h5-6,15H,3-4,14H2,1-2H3. The Labute approximate surface area is 99.5 Å². The molecule has 0 atom stereocenters. The van der Waals surface area contributed by atoms with Gasteiger partial charge in [-0.2, -0.15) is 0 Å². The molecule has 0 aliphatic carbocycles. The minimum absolute atomic E-state index is 0.628. The molecule has 0 bridgehead atoms. The van der Waals surface area contributed by atoms with Crippen molar-refractivity contribution in [1.29, 1.82) is 0 Å². The Bertz CT molecular complexity index is 519. The number of nitrogens with one attached hydrogen (secondary N) is 1. The van der Waals surface area contributed by atoms with Gasteiger partial charge in [0.05, 0.1) is 12.6 Å². The van der Waals surface area contributed by atoms with E-state index < -0.39 is 0 Å². The lowest BCUT2D eigenvalue weighted by molar-refractivity contribution is 0.419. The summed E-state index contributed by atoms with van der Waals surface area (Å²) < 4.78 is 5.31. The van der Waals surface area contributed by atoms with Crippen LogP contribution < -0.4 is 10.5 Å². The van der Waals surface area contributed by atoms with E-state index in [0.29, 0.717) is 11.6 Å². The molecule has 16 heavy (non-hydrogen) atoms. The average molecular weight is 239 g/mol. The molecule has 0 aliphatic heterocycles. The number of halogens is 1. The molecule has 0 radical (unpaired) electrons. The lowest BCUT2D eigenvalue weighted by Gasteiger charge is -2.03. The number of benzene rings is 1. The first-order chi connectivity index (χ1) is 7.67. The fourth-order valence-corrected chi connectivity index (χ4v) is 2.25. The molecule has 0 fully saturated rings. The van der Waals surface area contributed by atoms with Gasteiger partial charge in [-0.3, -0.25) is 0 Å². The zero-order chi connectivity index (χ0) is 11.7. The van der Waals surface area contributed by atoms with Crippen molar-refractivity contribution >= 4 is 22.5 Å². The lowest BCUT2D eigenvalue weighted by atomic mass is 10.1. The zero-order valence-corrected chi connectivity index (χ0v) is 10.2. The fraction of sp³-hybridized carbons (Fsp3) is 0.333. The number of aryl methyl sites for hydroxylation is 1. The third kappa shape index (κ3) is 1.77. The summed E-state index contributed by atoms with van der Waals surface area (Å²) in [6.07, 6.45) is 0.843. The summed E-state index contributed by atoms with van der Waals surface area (Å²) in [7, 11) is 1.64. The molecule has 0 amide bonds. The minimum Gasteiger partial charge on any atom is -0.495 e. The van der Waals surface area contributed by atoms with Gasteiger partial charge in [0.15, 0.2) is 0 Å². The van der Waals surface area contributed by atoms with Crippen molar-refractivity contribution in [3.05, 3.63) is 28.4 Å².